The van der Waals surface area contributed by atoms with E-state index < -0.39 is 0 Å². The van der Waals surface area contributed by atoms with Gasteiger partial charge in [0.15, 0.2) is 0 Å². The van der Waals surface area contributed by atoms with Crippen molar-refractivity contribution in [3.63, 3.8) is 0 Å². The molecule has 0 fully saturated rings. The molecule has 96 valence electrons. The number of amides is 1. The Labute approximate surface area is 108 Å². The summed E-state index contributed by atoms with van der Waals surface area (Å²) in [5.41, 5.74) is 5.87. The number of nitrogens with one attached hydrogen (secondary N) is 1. The molecule has 0 aliphatic carbocycles. The highest BCUT2D eigenvalue weighted by Crippen LogP contribution is 2.08. The minimum Gasteiger partial charge on any atom is -0.351 e. The molecule has 0 radical (unpaired) electrons. The van der Waals surface area contributed by atoms with Crippen molar-refractivity contribution in [2.24, 2.45) is 5.73 Å². The van der Waals surface area contributed by atoms with Crippen molar-refractivity contribution in [2.45, 2.75) is 19.5 Å². The number of aryl methyl sites for hydroxylation is 1. The molecular formula is C10H14N6OS. The first-order chi connectivity index (χ1) is 8.79. The summed E-state index contributed by atoms with van der Waals surface area (Å²) in [6.07, 6.45) is 4.21. The Morgan fingerprint density at radius 3 is 3.11 bits per heavy atom. The lowest BCUT2D eigenvalue weighted by molar-refractivity contribution is 0.0948. The topological polar surface area (TPSA) is 98.7 Å². The Hall–Kier alpha value is -1.80. The van der Waals surface area contributed by atoms with Crippen LogP contribution in [0.3, 0.4) is 0 Å². The van der Waals surface area contributed by atoms with Gasteiger partial charge in [-0.25, -0.2) is 4.98 Å². The second-order valence-corrected chi connectivity index (χ2v) is 4.55. The average Bonchev–Trinajstić information content (AvgIpc) is 3.05. The van der Waals surface area contributed by atoms with Crippen LogP contribution in [0.1, 0.15) is 21.9 Å². The number of nitrogens with zero attached hydrogens (tertiary/aromatic N) is 4. The van der Waals surface area contributed by atoms with Crippen LogP contribution in [0, 0.1) is 0 Å². The second kappa shape index (κ2) is 6.22. The van der Waals surface area contributed by atoms with Crippen molar-refractivity contribution in [1.82, 2.24) is 25.3 Å². The Balaban J connectivity index is 1.71. The monoisotopic (exact) mass is 266 g/mol. The zero-order chi connectivity index (χ0) is 12.8. The average molecular weight is 266 g/mol. The van der Waals surface area contributed by atoms with E-state index in [0.717, 1.165) is 18.0 Å². The van der Waals surface area contributed by atoms with Crippen molar-refractivity contribution in [1.29, 1.82) is 0 Å². The molecule has 2 aromatic rings. The molecule has 2 aromatic heterocycles. The number of thiazole rings is 1. The highest BCUT2D eigenvalue weighted by molar-refractivity contribution is 7.09. The van der Waals surface area contributed by atoms with Crippen LogP contribution in [-0.2, 0) is 13.1 Å². The Morgan fingerprint density at radius 2 is 2.44 bits per heavy atom. The van der Waals surface area contributed by atoms with Gasteiger partial charge >= 0.3 is 0 Å². The first kappa shape index (κ1) is 12.7. The number of rotatable bonds is 6. The molecule has 0 aliphatic heterocycles. The van der Waals surface area contributed by atoms with Gasteiger partial charge in [-0.1, -0.05) is 5.21 Å². The van der Waals surface area contributed by atoms with Gasteiger partial charge in [0, 0.05) is 31.2 Å². The van der Waals surface area contributed by atoms with E-state index in [0.29, 0.717) is 18.8 Å². The third-order valence-electron chi connectivity index (χ3n) is 2.28. The lowest BCUT2D eigenvalue weighted by Crippen LogP contribution is -2.25. The van der Waals surface area contributed by atoms with Gasteiger partial charge in [0.25, 0.3) is 5.91 Å². The van der Waals surface area contributed by atoms with Crippen LogP contribution in [0.2, 0.25) is 0 Å². The highest BCUT2D eigenvalue weighted by atomic mass is 32.1. The van der Waals surface area contributed by atoms with Crippen LogP contribution in [0.4, 0.5) is 0 Å². The molecule has 7 nitrogen and oxygen atoms in total. The van der Waals surface area contributed by atoms with Crippen molar-refractivity contribution < 1.29 is 4.79 Å². The Morgan fingerprint density at radius 1 is 1.56 bits per heavy atom. The van der Waals surface area contributed by atoms with Crippen LogP contribution >= 0.6 is 11.3 Å². The summed E-state index contributed by atoms with van der Waals surface area (Å²) in [5.74, 6) is -0.162. The van der Waals surface area contributed by atoms with Crippen LogP contribution in [0.25, 0.3) is 0 Å². The number of carbonyl (C=O) groups is 1. The Bertz CT molecular complexity index is 494. The zero-order valence-electron chi connectivity index (χ0n) is 9.74. The molecule has 8 heteroatoms. The molecule has 0 saturated heterocycles. The smallest absolute Gasteiger partial charge is 0.270 e. The molecule has 0 unspecified atom stereocenters. The maximum atomic E-state index is 11.7. The van der Waals surface area contributed by atoms with Crippen LogP contribution < -0.4 is 11.1 Å². The Kier molecular flexibility index (Phi) is 4.37. The SMILES string of the molecule is NCc1nc(C(=O)NCCCn2ccnn2)cs1. The molecule has 3 N–H and O–H groups in total. The van der Waals surface area contributed by atoms with Crippen LogP contribution in [0.5, 0.6) is 0 Å². The fourth-order valence-corrected chi connectivity index (χ4v) is 2.05. The molecule has 2 heterocycles. The summed E-state index contributed by atoms with van der Waals surface area (Å²) in [4.78, 5) is 15.8. The van der Waals surface area contributed by atoms with Gasteiger partial charge in [-0.2, -0.15) is 0 Å². The molecule has 2 rings (SSSR count). The molecular weight excluding hydrogens is 252 g/mol. The fraction of sp³-hybridized carbons (Fsp3) is 0.400. The number of hydrogen-bond donors (Lipinski definition) is 2. The molecule has 0 aromatic carbocycles. The van der Waals surface area contributed by atoms with Gasteiger partial charge in [0.2, 0.25) is 0 Å². The lowest BCUT2D eigenvalue weighted by atomic mass is 10.4. The molecule has 0 bridgehead atoms. The summed E-state index contributed by atoms with van der Waals surface area (Å²) < 4.78 is 1.72. The summed E-state index contributed by atoms with van der Waals surface area (Å²) in [5, 5.41) is 12.8. The van der Waals surface area contributed by atoms with E-state index >= 15 is 0 Å². The number of hydrogen-bond acceptors (Lipinski definition) is 6. The largest absolute Gasteiger partial charge is 0.351 e. The van der Waals surface area contributed by atoms with E-state index in [-0.39, 0.29) is 5.91 Å². The minimum absolute atomic E-state index is 0.162. The number of aromatic nitrogens is 4. The molecule has 0 aliphatic rings. The van der Waals surface area contributed by atoms with E-state index in [1.54, 1.807) is 22.5 Å². The highest BCUT2D eigenvalue weighted by Gasteiger charge is 2.09. The van der Waals surface area contributed by atoms with Crippen molar-refractivity contribution in [3.8, 4) is 0 Å². The molecule has 0 atom stereocenters. The molecule has 1 amide bonds. The predicted molar refractivity (Wildman–Crippen MR) is 67.0 cm³/mol. The van der Waals surface area contributed by atoms with E-state index in [1.807, 2.05) is 0 Å². The predicted octanol–water partition coefficient (Wildman–Crippen LogP) is 0.0134. The van der Waals surface area contributed by atoms with Gasteiger partial charge in [-0.3, -0.25) is 9.48 Å². The summed E-state index contributed by atoms with van der Waals surface area (Å²) in [7, 11) is 0. The molecule has 0 spiro atoms. The van der Waals surface area contributed by atoms with Crippen molar-refractivity contribution >= 4 is 17.2 Å². The van der Waals surface area contributed by atoms with E-state index in [9.17, 15) is 4.79 Å². The number of carbonyl (C=O) groups excluding carboxylic acids is 1. The van der Waals surface area contributed by atoms with Gasteiger partial charge in [-0.05, 0) is 6.42 Å². The quantitative estimate of drug-likeness (QED) is 0.718. The summed E-state index contributed by atoms with van der Waals surface area (Å²) >= 11 is 1.40. The summed E-state index contributed by atoms with van der Waals surface area (Å²) in [6.45, 7) is 1.67. The minimum atomic E-state index is -0.162. The third-order valence-corrected chi connectivity index (χ3v) is 3.15. The molecule has 18 heavy (non-hydrogen) atoms. The lowest BCUT2D eigenvalue weighted by Gasteiger charge is -2.02. The first-order valence-corrected chi connectivity index (χ1v) is 6.44. The van der Waals surface area contributed by atoms with Gasteiger partial charge in [0.05, 0.1) is 6.20 Å². The van der Waals surface area contributed by atoms with E-state index in [4.69, 9.17) is 5.73 Å². The van der Waals surface area contributed by atoms with Gasteiger partial charge < -0.3 is 11.1 Å². The zero-order valence-corrected chi connectivity index (χ0v) is 10.6. The van der Waals surface area contributed by atoms with Crippen LogP contribution in [-0.4, -0.2) is 32.4 Å². The normalized spacial score (nSPS) is 10.5. The third kappa shape index (κ3) is 3.34. The van der Waals surface area contributed by atoms with Crippen molar-refractivity contribution in [3.05, 3.63) is 28.5 Å². The maximum Gasteiger partial charge on any atom is 0.270 e. The maximum absolute atomic E-state index is 11.7. The fourth-order valence-electron chi connectivity index (χ4n) is 1.39. The van der Waals surface area contributed by atoms with Crippen molar-refractivity contribution in [2.75, 3.05) is 6.54 Å². The summed E-state index contributed by atoms with van der Waals surface area (Å²) in [6, 6.07) is 0. The molecule has 0 saturated carbocycles. The second-order valence-electron chi connectivity index (χ2n) is 3.61. The van der Waals surface area contributed by atoms with E-state index in [1.165, 1.54) is 11.3 Å². The van der Waals surface area contributed by atoms with Crippen LogP contribution in [0.15, 0.2) is 17.8 Å². The van der Waals surface area contributed by atoms with E-state index in [2.05, 4.69) is 20.6 Å². The van der Waals surface area contributed by atoms with Gasteiger partial charge in [0.1, 0.15) is 10.7 Å². The van der Waals surface area contributed by atoms with Gasteiger partial charge in [-0.15, -0.1) is 16.4 Å². The number of nitrogens with two attached hydrogens (primary N) is 1. The standard InChI is InChI=1S/C10H14N6OS/c11-6-9-14-8(7-18-9)10(17)12-2-1-4-16-5-3-13-15-16/h3,5,7H,1-2,4,6,11H2,(H,12,17). The first-order valence-electron chi connectivity index (χ1n) is 5.56.